The van der Waals surface area contributed by atoms with E-state index in [1.54, 1.807) is 24.4 Å². The van der Waals surface area contributed by atoms with E-state index in [9.17, 15) is 0 Å². The van der Waals surface area contributed by atoms with Crippen LogP contribution in [0.4, 0.5) is 5.69 Å². The first-order valence-corrected chi connectivity index (χ1v) is 4.69. The molecule has 1 aromatic heterocycles. The average molecular weight is 225 g/mol. The van der Waals surface area contributed by atoms with E-state index in [4.69, 9.17) is 22.1 Å². The fourth-order valence-electron chi connectivity index (χ4n) is 1.09. The Morgan fingerprint density at radius 2 is 2.33 bits per heavy atom. The first-order valence-electron chi connectivity index (χ1n) is 4.32. The van der Waals surface area contributed by atoms with Gasteiger partial charge in [-0.3, -0.25) is 0 Å². The molecule has 0 aliphatic heterocycles. The van der Waals surface area contributed by atoms with Gasteiger partial charge in [-0.2, -0.15) is 0 Å². The van der Waals surface area contributed by atoms with Gasteiger partial charge in [0.25, 0.3) is 0 Å². The lowest BCUT2D eigenvalue weighted by Gasteiger charge is -2.06. The van der Waals surface area contributed by atoms with Crippen molar-refractivity contribution in [1.82, 2.24) is 5.16 Å². The lowest BCUT2D eigenvalue weighted by atomic mass is 10.3. The van der Waals surface area contributed by atoms with Crippen LogP contribution in [0, 0.1) is 0 Å². The summed E-state index contributed by atoms with van der Waals surface area (Å²) in [6.07, 6.45) is 3.11. The summed E-state index contributed by atoms with van der Waals surface area (Å²) in [5, 5.41) is 4.06. The van der Waals surface area contributed by atoms with Gasteiger partial charge in [-0.05, 0) is 18.2 Å². The van der Waals surface area contributed by atoms with E-state index in [0.29, 0.717) is 23.1 Å². The number of nitrogens with zero attached hydrogens (tertiary/aromatic N) is 1. The number of aromatic nitrogens is 1. The highest BCUT2D eigenvalue weighted by Crippen LogP contribution is 2.26. The molecule has 0 fully saturated rings. The summed E-state index contributed by atoms with van der Waals surface area (Å²) in [7, 11) is 0. The van der Waals surface area contributed by atoms with Gasteiger partial charge in [-0.25, -0.2) is 0 Å². The number of ether oxygens (including phenoxy) is 1. The zero-order valence-electron chi connectivity index (χ0n) is 7.81. The first-order chi connectivity index (χ1) is 7.25. The Kier molecular flexibility index (Phi) is 2.78. The zero-order chi connectivity index (χ0) is 10.7. The molecule has 15 heavy (non-hydrogen) atoms. The summed E-state index contributed by atoms with van der Waals surface area (Å²) < 4.78 is 10.1. The number of hydrogen-bond donors (Lipinski definition) is 1. The summed E-state index contributed by atoms with van der Waals surface area (Å²) in [6.45, 7) is 0.368. The van der Waals surface area contributed by atoms with Crippen molar-refractivity contribution in [2.45, 2.75) is 6.61 Å². The standard InChI is InChI=1S/C10H9ClN2O2/c11-9-3-8(12)1-2-10(9)14-5-7-4-13-15-6-7/h1-4,6H,5,12H2. The van der Waals surface area contributed by atoms with Crippen LogP contribution in [0.2, 0.25) is 5.02 Å². The van der Waals surface area contributed by atoms with Gasteiger partial charge in [-0.1, -0.05) is 16.8 Å². The molecule has 0 saturated carbocycles. The van der Waals surface area contributed by atoms with Gasteiger partial charge >= 0.3 is 0 Å². The first kappa shape index (κ1) is 9.86. The van der Waals surface area contributed by atoms with E-state index in [-0.39, 0.29) is 0 Å². The molecule has 1 aromatic carbocycles. The second-order valence-electron chi connectivity index (χ2n) is 3.01. The Labute approximate surface area is 91.6 Å². The van der Waals surface area contributed by atoms with E-state index in [1.807, 2.05) is 0 Å². The molecule has 0 atom stereocenters. The van der Waals surface area contributed by atoms with Crippen molar-refractivity contribution >= 4 is 17.3 Å². The van der Waals surface area contributed by atoms with Crippen molar-refractivity contribution in [2.24, 2.45) is 0 Å². The molecule has 2 aromatic rings. The van der Waals surface area contributed by atoms with Gasteiger partial charge in [0.15, 0.2) is 0 Å². The van der Waals surface area contributed by atoms with E-state index in [2.05, 4.69) is 9.68 Å². The van der Waals surface area contributed by atoms with Crippen LogP contribution in [-0.2, 0) is 6.61 Å². The Balaban J connectivity index is 2.05. The molecular formula is C10H9ClN2O2. The number of nitrogens with two attached hydrogens (primary N) is 1. The minimum absolute atomic E-state index is 0.368. The SMILES string of the molecule is Nc1ccc(OCc2cnoc2)c(Cl)c1. The second-order valence-corrected chi connectivity index (χ2v) is 3.42. The highest BCUT2D eigenvalue weighted by Gasteiger charge is 2.03. The van der Waals surface area contributed by atoms with Crippen LogP contribution in [0.5, 0.6) is 5.75 Å². The van der Waals surface area contributed by atoms with Crippen molar-refractivity contribution in [3.05, 3.63) is 41.2 Å². The van der Waals surface area contributed by atoms with Crippen LogP contribution >= 0.6 is 11.6 Å². The topological polar surface area (TPSA) is 61.3 Å². The fraction of sp³-hybridized carbons (Fsp3) is 0.100. The summed E-state index contributed by atoms with van der Waals surface area (Å²) in [5.41, 5.74) is 7.01. The monoisotopic (exact) mass is 224 g/mol. The molecule has 0 aliphatic carbocycles. The number of rotatable bonds is 3. The van der Waals surface area contributed by atoms with Crippen LogP contribution < -0.4 is 10.5 Å². The molecule has 0 bridgehead atoms. The lowest BCUT2D eigenvalue weighted by molar-refractivity contribution is 0.304. The van der Waals surface area contributed by atoms with Gasteiger partial charge in [0.05, 0.1) is 11.2 Å². The largest absolute Gasteiger partial charge is 0.487 e. The average Bonchev–Trinajstić information content (AvgIpc) is 2.69. The zero-order valence-corrected chi connectivity index (χ0v) is 8.57. The molecule has 0 aliphatic rings. The molecule has 1 heterocycles. The van der Waals surface area contributed by atoms with E-state index in [1.165, 1.54) is 6.26 Å². The minimum Gasteiger partial charge on any atom is -0.487 e. The number of benzene rings is 1. The van der Waals surface area contributed by atoms with Crippen LogP contribution in [0.15, 0.2) is 35.2 Å². The van der Waals surface area contributed by atoms with Crippen molar-refractivity contribution < 1.29 is 9.26 Å². The molecule has 0 unspecified atom stereocenters. The highest BCUT2D eigenvalue weighted by atomic mass is 35.5. The van der Waals surface area contributed by atoms with Crippen molar-refractivity contribution in [1.29, 1.82) is 0 Å². The molecule has 78 valence electrons. The van der Waals surface area contributed by atoms with Crippen molar-refractivity contribution in [2.75, 3.05) is 5.73 Å². The van der Waals surface area contributed by atoms with Crippen LogP contribution in [0.3, 0.4) is 0 Å². The van der Waals surface area contributed by atoms with Gasteiger partial charge in [0.2, 0.25) is 0 Å². The van der Waals surface area contributed by atoms with Crippen LogP contribution in [0.25, 0.3) is 0 Å². The molecule has 5 heteroatoms. The maximum atomic E-state index is 5.93. The molecule has 0 amide bonds. The van der Waals surface area contributed by atoms with Crippen molar-refractivity contribution in [3.63, 3.8) is 0 Å². The van der Waals surface area contributed by atoms with Crippen molar-refractivity contribution in [3.8, 4) is 5.75 Å². The summed E-state index contributed by atoms with van der Waals surface area (Å²) >= 11 is 5.93. The number of nitrogen functional groups attached to an aromatic ring is 1. The van der Waals surface area contributed by atoms with Gasteiger partial charge < -0.3 is 15.0 Å². The van der Waals surface area contributed by atoms with Gasteiger partial charge in [0, 0.05) is 11.3 Å². The Morgan fingerprint density at radius 1 is 1.47 bits per heavy atom. The molecule has 0 saturated heterocycles. The maximum Gasteiger partial charge on any atom is 0.138 e. The van der Waals surface area contributed by atoms with E-state index >= 15 is 0 Å². The lowest BCUT2D eigenvalue weighted by Crippen LogP contribution is -1.95. The summed E-state index contributed by atoms with van der Waals surface area (Å²) in [5.74, 6) is 0.590. The molecule has 4 nitrogen and oxygen atoms in total. The third-order valence-electron chi connectivity index (χ3n) is 1.83. The third-order valence-corrected chi connectivity index (χ3v) is 2.13. The Morgan fingerprint density at radius 3 is 3.00 bits per heavy atom. The quantitative estimate of drug-likeness (QED) is 0.814. The predicted molar refractivity (Wildman–Crippen MR) is 56.7 cm³/mol. The Bertz CT molecular complexity index is 443. The molecule has 0 radical (unpaired) electrons. The number of anilines is 1. The van der Waals surface area contributed by atoms with E-state index < -0.39 is 0 Å². The molecule has 0 spiro atoms. The predicted octanol–water partition coefficient (Wildman–Crippen LogP) is 2.49. The third kappa shape index (κ3) is 2.41. The smallest absolute Gasteiger partial charge is 0.138 e. The Hall–Kier alpha value is -1.68. The minimum atomic E-state index is 0.368. The summed E-state index contributed by atoms with van der Waals surface area (Å²) in [4.78, 5) is 0. The fourth-order valence-corrected chi connectivity index (χ4v) is 1.34. The number of hydrogen-bond acceptors (Lipinski definition) is 4. The number of halogens is 1. The molecular weight excluding hydrogens is 216 g/mol. The molecule has 2 N–H and O–H groups in total. The molecule has 2 rings (SSSR count). The van der Waals surface area contributed by atoms with Gasteiger partial charge in [0.1, 0.15) is 18.6 Å². The maximum absolute atomic E-state index is 5.93. The normalized spacial score (nSPS) is 10.2. The van der Waals surface area contributed by atoms with E-state index in [0.717, 1.165) is 5.56 Å². The second kappa shape index (κ2) is 4.23. The van der Waals surface area contributed by atoms with Gasteiger partial charge in [-0.15, -0.1) is 0 Å². The summed E-state index contributed by atoms with van der Waals surface area (Å²) in [6, 6.07) is 5.10. The highest BCUT2D eigenvalue weighted by molar-refractivity contribution is 6.32. The van der Waals surface area contributed by atoms with Crippen LogP contribution in [-0.4, -0.2) is 5.16 Å². The van der Waals surface area contributed by atoms with Crippen LogP contribution in [0.1, 0.15) is 5.56 Å².